The van der Waals surface area contributed by atoms with E-state index in [1.54, 1.807) is 13.2 Å². The van der Waals surface area contributed by atoms with E-state index in [1.165, 1.54) is 0 Å². The molecule has 0 spiro atoms. The number of hydrogen-bond donors (Lipinski definition) is 3. The molecule has 1 aromatic rings. The first-order chi connectivity index (χ1) is 9.43. The molecule has 0 atom stereocenters. The zero-order valence-corrected chi connectivity index (χ0v) is 13.3. The van der Waals surface area contributed by atoms with E-state index in [1.807, 2.05) is 23.9 Å². The third kappa shape index (κ3) is 4.61. The summed E-state index contributed by atoms with van der Waals surface area (Å²) in [4.78, 5) is 0. The van der Waals surface area contributed by atoms with E-state index in [0.29, 0.717) is 12.1 Å². The van der Waals surface area contributed by atoms with Crippen LogP contribution in [0.5, 0.6) is 5.75 Å². The molecule has 0 aliphatic rings. The van der Waals surface area contributed by atoms with E-state index in [2.05, 4.69) is 30.6 Å². The van der Waals surface area contributed by atoms with E-state index in [4.69, 9.17) is 15.7 Å². The van der Waals surface area contributed by atoms with Gasteiger partial charge in [0.2, 0.25) is 0 Å². The fourth-order valence-corrected chi connectivity index (χ4v) is 1.95. The van der Waals surface area contributed by atoms with E-state index < -0.39 is 0 Å². The van der Waals surface area contributed by atoms with Crippen molar-refractivity contribution in [1.29, 1.82) is 0 Å². The Balaban J connectivity index is 2.81. The first-order valence-corrected chi connectivity index (χ1v) is 7.56. The predicted molar refractivity (Wildman–Crippen MR) is 84.8 cm³/mol. The molecule has 0 saturated carbocycles. The Bertz CT molecular complexity index is 475. The number of amidine groups is 1. The average Bonchev–Trinajstić information content (AvgIpc) is 2.46. The fraction of sp³-hybridized carbons (Fsp3) is 0.500. The first-order valence-electron chi connectivity index (χ1n) is 6.34. The second-order valence-electron chi connectivity index (χ2n) is 5.08. The molecule has 1 aromatic carbocycles. The van der Waals surface area contributed by atoms with Crippen LogP contribution in [0, 0.1) is 0 Å². The maximum atomic E-state index is 8.73. The van der Waals surface area contributed by atoms with Gasteiger partial charge in [-0.2, -0.15) is 11.8 Å². The van der Waals surface area contributed by atoms with Crippen molar-refractivity contribution in [3.8, 4) is 5.75 Å². The lowest BCUT2D eigenvalue weighted by Gasteiger charge is -2.22. The van der Waals surface area contributed by atoms with Gasteiger partial charge in [-0.15, -0.1) is 0 Å². The number of nitrogens with zero attached hydrogens (tertiary/aromatic N) is 1. The van der Waals surface area contributed by atoms with Crippen LogP contribution in [0.4, 0.5) is 0 Å². The van der Waals surface area contributed by atoms with Gasteiger partial charge in [-0.25, -0.2) is 0 Å². The van der Waals surface area contributed by atoms with Gasteiger partial charge >= 0.3 is 0 Å². The van der Waals surface area contributed by atoms with Gasteiger partial charge in [-0.05, 0) is 38.3 Å². The number of hydrogen-bond acceptors (Lipinski definition) is 5. The average molecular weight is 297 g/mol. The van der Waals surface area contributed by atoms with Gasteiger partial charge < -0.3 is 21.0 Å². The number of ether oxygens (including phenoxy) is 1. The molecule has 0 heterocycles. The molecule has 0 radical (unpaired) electrons. The number of benzene rings is 1. The van der Waals surface area contributed by atoms with Crippen LogP contribution in [-0.4, -0.2) is 35.7 Å². The third-order valence-electron chi connectivity index (χ3n) is 3.10. The van der Waals surface area contributed by atoms with Crippen molar-refractivity contribution in [3.63, 3.8) is 0 Å². The van der Waals surface area contributed by atoms with Crippen LogP contribution in [0.15, 0.2) is 23.4 Å². The topological polar surface area (TPSA) is 79.9 Å². The van der Waals surface area contributed by atoms with Gasteiger partial charge in [-0.1, -0.05) is 5.16 Å². The van der Waals surface area contributed by atoms with E-state index >= 15 is 0 Å². The van der Waals surface area contributed by atoms with E-state index in [9.17, 15) is 0 Å². The Kier molecular flexibility index (Phi) is 6.16. The third-order valence-corrected chi connectivity index (χ3v) is 4.35. The monoisotopic (exact) mass is 297 g/mol. The molecular weight excluding hydrogens is 274 g/mol. The quantitative estimate of drug-likeness (QED) is 0.310. The summed E-state index contributed by atoms with van der Waals surface area (Å²) in [5.74, 6) is 0.882. The molecule has 20 heavy (non-hydrogen) atoms. The second-order valence-corrected chi connectivity index (χ2v) is 6.59. The van der Waals surface area contributed by atoms with Crippen LogP contribution >= 0.6 is 11.8 Å². The predicted octanol–water partition coefficient (Wildman–Crippen LogP) is 2.02. The van der Waals surface area contributed by atoms with Gasteiger partial charge in [0.25, 0.3) is 0 Å². The van der Waals surface area contributed by atoms with Crippen molar-refractivity contribution < 1.29 is 9.94 Å². The standard InChI is InChI=1S/C14H23N3O2S/c1-14(2,20-4)9-16-8-11-7-10(13(15)17-18)5-6-12(11)19-3/h5-7,16,18H,8-9H2,1-4H3,(H2,15,17). The van der Waals surface area contributed by atoms with Crippen molar-refractivity contribution in [2.75, 3.05) is 19.9 Å². The molecule has 1 rings (SSSR count). The lowest BCUT2D eigenvalue weighted by molar-refractivity contribution is 0.318. The first kappa shape index (κ1) is 16.7. The lowest BCUT2D eigenvalue weighted by atomic mass is 10.1. The van der Waals surface area contributed by atoms with Crippen molar-refractivity contribution in [3.05, 3.63) is 29.3 Å². The van der Waals surface area contributed by atoms with E-state index in [0.717, 1.165) is 17.9 Å². The summed E-state index contributed by atoms with van der Waals surface area (Å²) >= 11 is 1.82. The normalized spacial score (nSPS) is 12.5. The number of nitrogens with two attached hydrogens (primary N) is 1. The Labute approximate surface area is 124 Å². The van der Waals surface area contributed by atoms with Crippen LogP contribution in [0.2, 0.25) is 0 Å². The summed E-state index contributed by atoms with van der Waals surface area (Å²) in [7, 11) is 1.63. The van der Waals surface area contributed by atoms with Crippen molar-refractivity contribution >= 4 is 17.6 Å². The maximum absolute atomic E-state index is 8.73. The zero-order chi connectivity index (χ0) is 15.2. The molecule has 112 valence electrons. The van der Waals surface area contributed by atoms with Crippen LogP contribution in [-0.2, 0) is 6.54 Å². The van der Waals surface area contributed by atoms with Crippen LogP contribution in [0.1, 0.15) is 25.0 Å². The summed E-state index contributed by atoms with van der Waals surface area (Å²) < 4.78 is 5.51. The highest BCUT2D eigenvalue weighted by atomic mass is 32.2. The molecule has 0 amide bonds. The Morgan fingerprint density at radius 2 is 2.20 bits per heavy atom. The highest BCUT2D eigenvalue weighted by molar-refractivity contribution is 7.99. The molecule has 0 unspecified atom stereocenters. The Morgan fingerprint density at radius 1 is 1.50 bits per heavy atom. The number of oxime groups is 1. The second kappa shape index (κ2) is 7.40. The van der Waals surface area contributed by atoms with Gasteiger partial charge in [0.1, 0.15) is 5.75 Å². The lowest BCUT2D eigenvalue weighted by Crippen LogP contribution is -2.31. The molecule has 6 heteroatoms. The number of thioether (sulfide) groups is 1. The summed E-state index contributed by atoms with van der Waals surface area (Å²) in [6, 6.07) is 5.46. The molecule has 0 bridgehead atoms. The van der Waals surface area contributed by atoms with Gasteiger partial charge in [0, 0.05) is 29.0 Å². The molecule has 0 aromatic heterocycles. The largest absolute Gasteiger partial charge is 0.496 e. The molecule has 0 aliphatic heterocycles. The number of nitrogens with one attached hydrogen (secondary N) is 1. The molecular formula is C14H23N3O2S. The zero-order valence-electron chi connectivity index (χ0n) is 12.4. The summed E-state index contributed by atoms with van der Waals surface area (Å²) in [5.41, 5.74) is 7.26. The van der Waals surface area contributed by atoms with Crippen LogP contribution < -0.4 is 15.8 Å². The molecule has 0 saturated heterocycles. The number of methoxy groups -OCH3 is 1. The molecule has 5 nitrogen and oxygen atoms in total. The Morgan fingerprint density at radius 3 is 2.75 bits per heavy atom. The van der Waals surface area contributed by atoms with Crippen molar-refractivity contribution in [1.82, 2.24) is 5.32 Å². The Hall–Kier alpha value is -1.40. The fourth-order valence-electron chi connectivity index (χ4n) is 1.70. The minimum atomic E-state index is 0.0957. The van der Waals surface area contributed by atoms with Crippen LogP contribution in [0.25, 0.3) is 0 Å². The van der Waals surface area contributed by atoms with Crippen LogP contribution in [0.3, 0.4) is 0 Å². The SMILES string of the molecule is COc1ccc(/C(N)=N/O)cc1CNCC(C)(C)SC. The van der Waals surface area contributed by atoms with Gasteiger partial charge in [-0.3, -0.25) is 0 Å². The highest BCUT2D eigenvalue weighted by Crippen LogP contribution is 2.22. The number of rotatable bonds is 7. The van der Waals surface area contributed by atoms with E-state index in [-0.39, 0.29) is 10.6 Å². The summed E-state index contributed by atoms with van der Waals surface area (Å²) in [6.45, 7) is 5.92. The van der Waals surface area contributed by atoms with Gasteiger partial charge in [0.15, 0.2) is 5.84 Å². The minimum absolute atomic E-state index is 0.0957. The summed E-state index contributed by atoms with van der Waals surface area (Å²) in [5, 5.41) is 15.2. The van der Waals surface area contributed by atoms with Crippen molar-refractivity contribution in [2.45, 2.75) is 25.1 Å². The summed E-state index contributed by atoms with van der Waals surface area (Å²) in [6.07, 6.45) is 2.10. The minimum Gasteiger partial charge on any atom is -0.496 e. The van der Waals surface area contributed by atoms with Gasteiger partial charge in [0.05, 0.1) is 7.11 Å². The highest BCUT2D eigenvalue weighted by Gasteiger charge is 2.15. The smallest absolute Gasteiger partial charge is 0.170 e. The molecule has 4 N–H and O–H groups in total. The van der Waals surface area contributed by atoms with Crippen molar-refractivity contribution in [2.24, 2.45) is 10.9 Å². The molecule has 0 fully saturated rings. The maximum Gasteiger partial charge on any atom is 0.170 e. The molecule has 0 aliphatic carbocycles.